The minimum atomic E-state index is -3.98. The van der Waals surface area contributed by atoms with E-state index in [2.05, 4.69) is 10.3 Å². The highest BCUT2D eigenvalue weighted by atomic mass is 31.2. The summed E-state index contributed by atoms with van der Waals surface area (Å²) in [5, 5.41) is 13.3. The summed E-state index contributed by atoms with van der Waals surface area (Å²) in [5.74, 6) is 1.20. The smallest absolute Gasteiger partial charge is 0.395 e. The molecular formula is C20H29N2O4P. The van der Waals surface area contributed by atoms with E-state index in [-0.39, 0.29) is 12.0 Å². The van der Waals surface area contributed by atoms with Gasteiger partial charge in [-0.25, -0.2) is 9.55 Å². The number of phenolic OH excluding ortho intramolecular Hbond substituents is 1. The maximum absolute atomic E-state index is 12.8. The summed E-state index contributed by atoms with van der Waals surface area (Å²) in [5.41, 5.74) is 4.87. The third-order valence-corrected chi connectivity index (χ3v) is 6.05. The summed E-state index contributed by atoms with van der Waals surface area (Å²) >= 11 is 0. The van der Waals surface area contributed by atoms with E-state index in [1.54, 1.807) is 20.0 Å². The molecule has 27 heavy (non-hydrogen) atoms. The third-order valence-electron chi connectivity index (χ3n) is 5.03. The Bertz CT molecular complexity index is 865. The number of nitrogens with zero attached hydrogens (tertiary/aromatic N) is 1. The SMILES string of the molecule is CCc1c(C)c(O)c(C)c(CC)c1OP(=O)(O)CNc1nccc(C)c1C. The van der Waals surface area contributed by atoms with E-state index in [0.717, 1.165) is 22.3 Å². The number of aryl methyl sites for hydroxylation is 1. The monoisotopic (exact) mass is 392 g/mol. The average Bonchev–Trinajstić information content (AvgIpc) is 2.62. The minimum absolute atomic E-state index is 0.224. The van der Waals surface area contributed by atoms with Crippen LogP contribution in [0.15, 0.2) is 12.3 Å². The van der Waals surface area contributed by atoms with Crippen molar-refractivity contribution in [3.8, 4) is 11.5 Å². The zero-order valence-corrected chi connectivity index (χ0v) is 17.8. The molecule has 148 valence electrons. The number of aromatic nitrogens is 1. The minimum Gasteiger partial charge on any atom is -0.507 e. The molecule has 0 saturated carbocycles. The van der Waals surface area contributed by atoms with E-state index in [9.17, 15) is 14.6 Å². The maximum atomic E-state index is 12.8. The van der Waals surface area contributed by atoms with Gasteiger partial charge in [0, 0.05) is 17.3 Å². The van der Waals surface area contributed by atoms with Gasteiger partial charge in [-0.3, -0.25) is 0 Å². The maximum Gasteiger partial charge on any atom is 0.395 e. The highest BCUT2D eigenvalue weighted by molar-refractivity contribution is 7.53. The van der Waals surface area contributed by atoms with Gasteiger partial charge in [0.2, 0.25) is 0 Å². The molecule has 0 bridgehead atoms. The normalized spacial score (nSPS) is 13.3. The van der Waals surface area contributed by atoms with E-state index in [1.807, 2.05) is 33.8 Å². The summed E-state index contributed by atoms with van der Waals surface area (Å²) in [6.07, 6.45) is 2.59. The van der Waals surface area contributed by atoms with E-state index in [1.165, 1.54) is 0 Å². The molecule has 3 N–H and O–H groups in total. The van der Waals surface area contributed by atoms with Crippen LogP contribution in [0, 0.1) is 27.7 Å². The lowest BCUT2D eigenvalue weighted by atomic mass is 9.94. The van der Waals surface area contributed by atoms with Crippen LogP contribution in [0.3, 0.4) is 0 Å². The van der Waals surface area contributed by atoms with Crippen molar-refractivity contribution >= 4 is 13.4 Å². The van der Waals surface area contributed by atoms with Crippen molar-refractivity contribution in [2.75, 3.05) is 11.6 Å². The number of nitrogens with one attached hydrogen (secondary N) is 1. The van der Waals surface area contributed by atoms with Crippen LogP contribution in [0.5, 0.6) is 11.5 Å². The molecule has 1 aromatic carbocycles. The van der Waals surface area contributed by atoms with Crippen LogP contribution in [0.25, 0.3) is 0 Å². The number of anilines is 1. The van der Waals surface area contributed by atoms with E-state index in [0.29, 0.717) is 35.5 Å². The zero-order valence-electron chi connectivity index (χ0n) is 16.9. The number of benzene rings is 1. The lowest BCUT2D eigenvalue weighted by Gasteiger charge is -2.23. The number of rotatable bonds is 7. The Morgan fingerprint density at radius 2 is 1.63 bits per heavy atom. The van der Waals surface area contributed by atoms with Crippen molar-refractivity contribution in [1.82, 2.24) is 4.98 Å². The molecule has 1 atom stereocenters. The predicted octanol–water partition coefficient (Wildman–Crippen LogP) is 4.78. The largest absolute Gasteiger partial charge is 0.507 e. The molecule has 2 aromatic rings. The van der Waals surface area contributed by atoms with Crippen molar-refractivity contribution < 1.29 is 19.1 Å². The van der Waals surface area contributed by atoms with Crippen molar-refractivity contribution in [2.45, 2.75) is 54.4 Å². The van der Waals surface area contributed by atoms with Gasteiger partial charge in [-0.2, -0.15) is 0 Å². The molecule has 0 saturated heterocycles. The Kier molecular flexibility index (Phi) is 6.55. The number of hydrogen-bond donors (Lipinski definition) is 3. The quantitative estimate of drug-likeness (QED) is 0.588. The number of aromatic hydroxyl groups is 1. The summed E-state index contributed by atoms with van der Waals surface area (Å²) in [6.45, 7) is 11.3. The third kappa shape index (κ3) is 4.45. The van der Waals surface area contributed by atoms with Crippen molar-refractivity contribution in [1.29, 1.82) is 0 Å². The summed E-state index contributed by atoms with van der Waals surface area (Å²) in [6, 6.07) is 1.89. The fourth-order valence-corrected chi connectivity index (χ4v) is 4.13. The molecule has 2 rings (SSSR count). The van der Waals surface area contributed by atoms with Crippen LogP contribution in [0.4, 0.5) is 5.82 Å². The Labute approximate surface area is 161 Å². The fraction of sp³-hybridized carbons (Fsp3) is 0.450. The molecule has 1 heterocycles. The number of phenols is 1. The van der Waals surface area contributed by atoms with E-state index in [4.69, 9.17) is 4.52 Å². The molecule has 0 amide bonds. The van der Waals surface area contributed by atoms with Crippen molar-refractivity contribution in [3.05, 3.63) is 45.6 Å². The first-order chi connectivity index (χ1) is 12.6. The molecule has 0 fully saturated rings. The first-order valence-corrected chi connectivity index (χ1v) is 10.9. The van der Waals surface area contributed by atoms with Gasteiger partial charge in [0.1, 0.15) is 23.6 Å². The highest BCUT2D eigenvalue weighted by Gasteiger charge is 2.27. The highest BCUT2D eigenvalue weighted by Crippen LogP contribution is 2.48. The predicted molar refractivity (Wildman–Crippen MR) is 109 cm³/mol. The van der Waals surface area contributed by atoms with Crippen LogP contribution in [0.1, 0.15) is 47.2 Å². The van der Waals surface area contributed by atoms with Gasteiger partial charge >= 0.3 is 7.60 Å². The van der Waals surface area contributed by atoms with Gasteiger partial charge in [0.05, 0.1) is 0 Å². The molecule has 1 unspecified atom stereocenters. The Morgan fingerprint density at radius 3 is 2.15 bits per heavy atom. The molecule has 0 aliphatic rings. The number of pyridine rings is 1. The van der Waals surface area contributed by atoms with E-state index < -0.39 is 7.60 Å². The summed E-state index contributed by atoms with van der Waals surface area (Å²) < 4.78 is 18.4. The van der Waals surface area contributed by atoms with Gasteiger partial charge in [-0.15, -0.1) is 0 Å². The second kappa shape index (κ2) is 8.32. The van der Waals surface area contributed by atoms with Crippen molar-refractivity contribution in [3.63, 3.8) is 0 Å². The van der Waals surface area contributed by atoms with E-state index >= 15 is 0 Å². The number of hydrogen-bond acceptors (Lipinski definition) is 5. The average molecular weight is 392 g/mol. The Balaban J connectivity index is 2.34. The first-order valence-electron chi connectivity index (χ1n) is 9.14. The van der Waals surface area contributed by atoms with Crippen LogP contribution < -0.4 is 9.84 Å². The van der Waals surface area contributed by atoms with Crippen LogP contribution in [-0.2, 0) is 17.4 Å². The van der Waals surface area contributed by atoms with Gasteiger partial charge < -0.3 is 19.8 Å². The second-order valence-electron chi connectivity index (χ2n) is 6.76. The lowest BCUT2D eigenvalue weighted by molar-refractivity contribution is 0.377. The lowest BCUT2D eigenvalue weighted by Crippen LogP contribution is -2.11. The molecule has 1 aromatic heterocycles. The summed E-state index contributed by atoms with van der Waals surface area (Å²) in [7, 11) is -3.98. The first kappa shape index (κ1) is 21.3. The van der Waals surface area contributed by atoms with Gasteiger partial charge in [0.15, 0.2) is 0 Å². The van der Waals surface area contributed by atoms with Crippen LogP contribution in [-0.4, -0.2) is 21.3 Å². The van der Waals surface area contributed by atoms with Gasteiger partial charge in [-0.1, -0.05) is 13.8 Å². The standard InChI is InChI=1S/C20H29N2O4P/c1-7-16-14(5)18(23)15(6)17(8-2)19(16)26-27(24,25)11-22-20-13(4)12(3)9-10-21-20/h9-10,23H,7-8,11H2,1-6H3,(H,21,22)(H,24,25). The molecule has 0 aliphatic heterocycles. The molecule has 0 aliphatic carbocycles. The molecular weight excluding hydrogens is 363 g/mol. The fourth-order valence-electron chi connectivity index (χ4n) is 3.21. The zero-order chi connectivity index (χ0) is 20.4. The Morgan fingerprint density at radius 1 is 1.07 bits per heavy atom. The van der Waals surface area contributed by atoms with Crippen LogP contribution >= 0.6 is 7.60 Å². The molecule has 7 heteroatoms. The summed E-state index contributed by atoms with van der Waals surface area (Å²) in [4.78, 5) is 14.7. The molecule has 6 nitrogen and oxygen atoms in total. The van der Waals surface area contributed by atoms with Gasteiger partial charge in [-0.05, 0) is 68.9 Å². The second-order valence-corrected chi connectivity index (χ2v) is 8.53. The Hall–Kier alpha value is -2.04. The van der Waals surface area contributed by atoms with Crippen molar-refractivity contribution in [2.24, 2.45) is 0 Å². The topological polar surface area (TPSA) is 91.7 Å². The molecule has 0 radical (unpaired) electrons. The van der Waals surface area contributed by atoms with Gasteiger partial charge in [0.25, 0.3) is 0 Å². The van der Waals surface area contributed by atoms with Crippen LogP contribution in [0.2, 0.25) is 0 Å². The molecule has 0 spiro atoms.